The van der Waals surface area contributed by atoms with Crippen molar-refractivity contribution in [3.8, 4) is 17.6 Å². The molecule has 3 aromatic heterocycles. The zero-order valence-electron chi connectivity index (χ0n) is 43.3. The molecule has 0 aliphatic carbocycles. The van der Waals surface area contributed by atoms with E-state index in [1.165, 1.54) is 0 Å². The van der Waals surface area contributed by atoms with E-state index in [9.17, 15) is 10.1 Å². The van der Waals surface area contributed by atoms with Crippen LogP contribution in [0.2, 0.25) is 0 Å². The van der Waals surface area contributed by atoms with Crippen molar-refractivity contribution in [3.63, 3.8) is 0 Å². The third kappa shape index (κ3) is 13.2. The molecule has 8 aromatic rings. The van der Waals surface area contributed by atoms with Gasteiger partial charge in [-0.3, -0.25) is 14.8 Å². The summed E-state index contributed by atoms with van der Waals surface area (Å²) < 4.78 is 51.8. The molecule has 0 fully saturated rings. The van der Waals surface area contributed by atoms with Gasteiger partial charge in [-0.2, -0.15) is 5.26 Å². The lowest BCUT2D eigenvalue weighted by molar-refractivity contribution is -0.0651. The number of carbonyl (C=O) groups is 1. The zero-order valence-corrected chi connectivity index (χ0v) is 44.2. The average Bonchev–Trinajstić information content (AvgIpc) is 3.45. The normalized spacial score (nSPS) is 12.7. The number of amides is 1. The first-order valence-electron chi connectivity index (χ1n) is 25.1. The number of benzene rings is 5. The summed E-state index contributed by atoms with van der Waals surface area (Å²) in [6.45, 7) is 10.7. The van der Waals surface area contributed by atoms with Crippen LogP contribution in [0.4, 0.5) is 0 Å². The Kier molecular flexibility index (Phi) is 19.3. The number of methoxy groups -OCH3 is 2. The maximum atomic E-state index is 13.2. The summed E-state index contributed by atoms with van der Waals surface area (Å²) in [7, 11) is 1.64. The summed E-state index contributed by atoms with van der Waals surface area (Å²) in [6, 6.07) is 41.2. The molecule has 8 rings (SSSR count). The predicted molar refractivity (Wildman–Crippen MR) is 291 cm³/mol. The molecule has 75 heavy (non-hydrogen) atoms. The van der Waals surface area contributed by atoms with Gasteiger partial charge in [0.15, 0.2) is 0 Å². The third-order valence-corrected chi connectivity index (χ3v) is 14.6. The number of nitrogens with zero attached hydrogens (tertiary/aromatic N) is 6. The fourth-order valence-corrected chi connectivity index (χ4v) is 10.6. The Hall–Kier alpha value is -6.77. The van der Waals surface area contributed by atoms with E-state index in [2.05, 4.69) is 65.9 Å². The molecule has 0 bridgehead atoms. The third-order valence-electron chi connectivity index (χ3n) is 12.4. The standard InChI is InChI=1S/C58H64N7O9P/c1-40(2)65(41(3)4)75(73-31-12-27-59)74-48(39-72-58(43-13-8-7-9-14-43,44-18-22-46(67-5)23-19-44)45-20-24-47(68-6)25-21-45)38-71-36-35-70-34-33-69-32-30-62-57(66)42-17-26-51-52(37-42)64-56-50-16-11-29-61-54(50)53-49(55(56)63-51)15-10-28-60-53/h7-11,13-26,28-29,37,40-41,48H,12,30-36,38-39H2,1-6H3,(H,62,66). The van der Waals surface area contributed by atoms with Gasteiger partial charge in [0.25, 0.3) is 14.4 Å². The van der Waals surface area contributed by atoms with Gasteiger partial charge in [0, 0.05) is 47.4 Å². The van der Waals surface area contributed by atoms with Crippen molar-refractivity contribution in [2.45, 2.75) is 57.9 Å². The van der Waals surface area contributed by atoms with Crippen LogP contribution in [0.3, 0.4) is 0 Å². The van der Waals surface area contributed by atoms with Crippen LogP contribution >= 0.6 is 8.53 Å². The van der Waals surface area contributed by atoms with Gasteiger partial charge in [0.2, 0.25) is 0 Å². The monoisotopic (exact) mass is 1030 g/mol. The van der Waals surface area contributed by atoms with Gasteiger partial charge in [0.05, 0.1) is 113 Å². The smallest absolute Gasteiger partial charge is 0.259 e. The minimum atomic E-state index is -1.65. The number of nitriles is 1. The summed E-state index contributed by atoms with van der Waals surface area (Å²) in [4.78, 5) is 32.3. The number of rotatable bonds is 28. The lowest BCUT2D eigenvalue weighted by atomic mass is 9.80. The molecule has 0 saturated heterocycles. The van der Waals surface area contributed by atoms with Crippen molar-refractivity contribution in [1.82, 2.24) is 29.9 Å². The van der Waals surface area contributed by atoms with Crippen molar-refractivity contribution in [3.05, 3.63) is 156 Å². The molecular formula is C58H64N7O9P. The highest BCUT2D eigenvalue weighted by Crippen LogP contribution is 2.48. The van der Waals surface area contributed by atoms with Gasteiger partial charge in [-0.1, -0.05) is 54.6 Å². The maximum Gasteiger partial charge on any atom is 0.259 e. The molecule has 0 radical (unpaired) electrons. The highest BCUT2D eigenvalue weighted by molar-refractivity contribution is 7.44. The van der Waals surface area contributed by atoms with Gasteiger partial charge in [-0.25, -0.2) is 14.6 Å². The average molecular weight is 1030 g/mol. The molecule has 5 aromatic carbocycles. The summed E-state index contributed by atoms with van der Waals surface area (Å²) in [6.07, 6.45) is 3.10. The van der Waals surface area contributed by atoms with Gasteiger partial charge < -0.3 is 42.8 Å². The van der Waals surface area contributed by atoms with Gasteiger partial charge in [-0.05, 0) is 111 Å². The molecular weight excluding hydrogens is 970 g/mol. The molecule has 0 aliphatic heterocycles. The van der Waals surface area contributed by atoms with Crippen LogP contribution in [0, 0.1) is 11.3 Å². The van der Waals surface area contributed by atoms with E-state index in [0.717, 1.165) is 44.0 Å². The minimum Gasteiger partial charge on any atom is -0.497 e. The van der Waals surface area contributed by atoms with E-state index < -0.39 is 20.2 Å². The van der Waals surface area contributed by atoms with Crippen LogP contribution in [0.25, 0.3) is 43.9 Å². The Bertz CT molecular complexity index is 3110. The number of aromatic nitrogens is 4. The maximum absolute atomic E-state index is 13.2. The zero-order chi connectivity index (χ0) is 52.6. The predicted octanol–water partition coefficient (Wildman–Crippen LogP) is 10.3. The number of ether oxygens (including phenoxy) is 6. The quantitative estimate of drug-likeness (QED) is 0.0161. The molecule has 1 N–H and O–H groups in total. The summed E-state index contributed by atoms with van der Waals surface area (Å²) in [5.74, 6) is 1.19. The summed E-state index contributed by atoms with van der Waals surface area (Å²) in [5, 5.41) is 14.1. The van der Waals surface area contributed by atoms with Crippen LogP contribution in [0.5, 0.6) is 11.5 Å². The number of hydrogen-bond donors (Lipinski definition) is 1. The number of hydrogen-bond acceptors (Lipinski definition) is 15. The second-order valence-electron chi connectivity index (χ2n) is 18.1. The highest BCUT2D eigenvalue weighted by atomic mass is 31.2. The molecule has 0 spiro atoms. The van der Waals surface area contributed by atoms with Gasteiger partial charge in [-0.15, -0.1) is 0 Å². The molecule has 17 heteroatoms. The Morgan fingerprint density at radius 3 is 1.77 bits per heavy atom. The van der Waals surface area contributed by atoms with Crippen molar-refractivity contribution in [2.24, 2.45) is 0 Å². The Morgan fingerprint density at radius 1 is 0.640 bits per heavy atom. The molecule has 0 aliphatic rings. The molecule has 390 valence electrons. The first kappa shape index (κ1) is 54.5. The van der Waals surface area contributed by atoms with E-state index in [-0.39, 0.29) is 50.8 Å². The van der Waals surface area contributed by atoms with Crippen molar-refractivity contribution in [1.29, 1.82) is 5.26 Å². The fraction of sp³-hybridized carbons (Fsp3) is 0.345. The van der Waals surface area contributed by atoms with Gasteiger partial charge in [0.1, 0.15) is 23.2 Å². The van der Waals surface area contributed by atoms with E-state index in [0.29, 0.717) is 66.6 Å². The number of fused-ring (bicyclic) bond motifs is 7. The molecule has 2 atom stereocenters. The Balaban J connectivity index is 0.877. The van der Waals surface area contributed by atoms with Crippen molar-refractivity contribution in [2.75, 3.05) is 73.6 Å². The van der Waals surface area contributed by atoms with Crippen molar-refractivity contribution < 1.29 is 42.3 Å². The number of carbonyl (C=O) groups excluding carboxylic acids is 1. The van der Waals surface area contributed by atoms with Crippen molar-refractivity contribution >= 4 is 58.3 Å². The molecule has 1 amide bonds. The number of nitrogens with one attached hydrogen (secondary N) is 1. The Morgan fingerprint density at radius 2 is 1.20 bits per heavy atom. The van der Waals surface area contributed by atoms with Crippen LogP contribution in [0.1, 0.15) is 61.2 Å². The topological polar surface area (TPSA) is 182 Å². The molecule has 16 nitrogen and oxygen atoms in total. The summed E-state index contributed by atoms with van der Waals surface area (Å²) in [5.41, 5.74) is 6.27. The first-order chi connectivity index (χ1) is 36.6. The fourth-order valence-electron chi connectivity index (χ4n) is 8.96. The van der Waals surface area contributed by atoms with Crippen LogP contribution < -0.4 is 14.8 Å². The van der Waals surface area contributed by atoms with E-state index in [1.54, 1.807) is 38.7 Å². The molecule has 2 unspecified atom stereocenters. The minimum absolute atomic E-state index is 0.0798. The number of pyridine rings is 2. The second kappa shape index (κ2) is 26.6. The van der Waals surface area contributed by atoms with Crippen LogP contribution in [0.15, 0.2) is 134 Å². The van der Waals surface area contributed by atoms with Gasteiger partial charge >= 0.3 is 0 Å². The lowest BCUT2D eigenvalue weighted by Gasteiger charge is -2.39. The van der Waals surface area contributed by atoms with Crippen LogP contribution in [-0.2, 0) is 33.6 Å². The first-order valence-corrected chi connectivity index (χ1v) is 26.3. The summed E-state index contributed by atoms with van der Waals surface area (Å²) >= 11 is 0. The van der Waals surface area contributed by atoms with E-state index >= 15 is 0 Å². The SMILES string of the molecule is COc1ccc(C(OCC(COCCOCCOCCNC(=O)c2ccc3nc4c5cccnc5c5ncccc5c4nc3c2)OP(OCCC#N)N(C(C)C)C(C)C)(c2ccccc2)c2ccc(OC)cc2)cc1. The largest absolute Gasteiger partial charge is 0.497 e. The second-order valence-corrected chi connectivity index (χ2v) is 19.5. The van der Waals surface area contributed by atoms with Crippen LogP contribution in [-0.4, -0.2) is 122 Å². The Labute approximate surface area is 439 Å². The molecule has 3 heterocycles. The van der Waals surface area contributed by atoms with E-state index in [4.69, 9.17) is 47.4 Å². The lowest BCUT2D eigenvalue weighted by Crippen LogP contribution is -2.39. The molecule has 0 saturated carbocycles. The van der Waals surface area contributed by atoms with E-state index in [1.807, 2.05) is 97.1 Å². The highest BCUT2D eigenvalue weighted by Gasteiger charge is 2.40.